The number of carboxylic acid groups (broad SMARTS) is 4. The minimum Gasteiger partial charge on any atom is -0.480 e. The summed E-state index contributed by atoms with van der Waals surface area (Å²) in [7, 11) is 0. The van der Waals surface area contributed by atoms with E-state index in [1.807, 2.05) is 0 Å². The molecule has 8 atom stereocenters. The number of amides is 4. The number of Topliss-reactive ketones (excluding diaryl/α,β-unsaturated/α-hetero) is 1. The highest BCUT2D eigenvalue weighted by molar-refractivity contribution is 7.99. The van der Waals surface area contributed by atoms with E-state index in [1.54, 1.807) is 0 Å². The number of nitrogens with two attached hydrogens (primary N) is 2. The van der Waals surface area contributed by atoms with E-state index >= 15 is 0 Å². The zero-order chi connectivity index (χ0) is 46.8. The monoisotopic (exact) mass is 928 g/mol. The van der Waals surface area contributed by atoms with Gasteiger partial charge < -0.3 is 53.2 Å². The first-order valence-corrected chi connectivity index (χ1v) is 21.1. The molecule has 1 fully saturated rings. The van der Waals surface area contributed by atoms with Crippen LogP contribution in [0.15, 0.2) is 24.5 Å². The van der Waals surface area contributed by atoms with E-state index in [4.69, 9.17) is 31.9 Å². The third-order valence-electron chi connectivity index (χ3n) is 9.34. The summed E-state index contributed by atoms with van der Waals surface area (Å²) in [5, 5.41) is 43.4. The van der Waals surface area contributed by atoms with Gasteiger partial charge in [0.15, 0.2) is 0 Å². The fourth-order valence-corrected chi connectivity index (χ4v) is 9.02. The van der Waals surface area contributed by atoms with Crippen molar-refractivity contribution in [3.05, 3.63) is 48.1 Å². The van der Waals surface area contributed by atoms with Gasteiger partial charge in [0.25, 0.3) is 0 Å². The lowest BCUT2D eigenvalue weighted by Crippen LogP contribution is -2.50. The lowest BCUT2D eigenvalue weighted by Gasteiger charge is -2.36. The van der Waals surface area contributed by atoms with Crippen LogP contribution in [-0.4, -0.2) is 142 Å². The standard InChI is InChI=1S/C36H46F2N10O13S2/c37-23-9-11-41-31(48-23)30(63-15-22(33(57)44-13-27(53)54)46-25(50)7-5-19(40)35(60)61)17-3-1-2-16(28(17)55)29(20-8-10-42-36(38)47-20)62-14-21(32(56)43-12-26(51)52)45-24(49)6-4-18(39)34(58)59/h8-11,16-19,21-22,29-30H,1-7,12-15,39-40H2,(H,43,56)(H,44,57)(H,45,49)(H,46,50)(H,51,52)(H,53,54)(H,58,59)(H,60,61)/t16?,17?,18-,19+,21-,22-,29?,30?/m0/s1. The second-order valence-corrected chi connectivity index (χ2v) is 16.3. The second kappa shape index (κ2) is 25.2. The highest BCUT2D eigenvalue weighted by atomic mass is 32.2. The topological polar surface area (TPSA) is 386 Å². The number of aliphatic carboxylic acids is 4. The van der Waals surface area contributed by atoms with Gasteiger partial charge in [-0.3, -0.25) is 43.2 Å². The maximum Gasteiger partial charge on any atom is 0.322 e. The van der Waals surface area contributed by atoms with Gasteiger partial charge in [0, 0.05) is 54.6 Å². The quantitative estimate of drug-likeness (QED) is 0.0380. The Kier molecular flexibility index (Phi) is 20.6. The maximum absolute atomic E-state index is 14.7. The number of ketones is 1. The summed E-state index contributed by atoms with van der Waals surface area (Å²) in [4.78, 5) is 127. The molecular weight excluding hydrogens is 883 g/mol. The predicted octanol–water partition coefficient (Wildman–Crippen LogP) is -1.47. The first-order chi connectivity index (χ1) is 29.8. The molecule has 2 aromatic rings. The Morgan fingerprint density at radius 1 is 0.714 bits per heavy atom. The normalized spacial score (nSPS) is 17.7. The molecule has 0 aliphatic heterocycles. The summed E-state index contributed by atoms with van der Waals surface area (Å²) >= 11 is 1.73. The number of thioether (sulfide) groups is 2. The van der Waals surface area contributed by atoms with Crippen molar-refractivity contribution >= 4 is 76.8 Å². The molecule has 0 aromatic carbocycles. The number of nitrogens with zero attached hydrogens (tertiary/aromatic N) is 4. The fraction of sp³-hybridized carbons (Fsp3) is 0.528. The molecule has 0 spiro atoms. The van der Waals surface area contributed by atoms with Gasteiger partial charge in [-0.05, 0) is 31.7 Å². The third-order valence-corrected chi connectivity index (χ3v) is 12.2. The Morgan fingerprint density at radius 2 is 1.19 bits per heavy atom. The van der Waals surface area contributed by atoms with E-state index in [1.165, 1.54) is 6.07 Å². The number of hydrogen-bond acceptors (Lipinski definition) is 17. The molecule has 344 valence electrons. The van der Waals surface area contributed by atoms with E-state index in [9.17, 15) is 51.9 Å². The van der Waals surface area contributed by atoms with Crippen molar-refractivity contribution in [2.75, 3.05) is 24.6 Å². The van der Waals surface area contributed by atoms with Crippen LogP contribution in [0.5, 0.6) is 0 Å². The van der Waals surface area contributed by atoms with E-state index in [0.717, 1.165) is 42.0 Å². The summed E-state index contributed by atoms with van der Waals surface area (Å²) in [5.74, 6) is -13.6. The zero-order valence-electron chi connectivity index (χ0n) is 33.2. The highest BCUT2D eigenvalue weighted by Crippen LogP contribution is 2.48. The van der Waals surface area contributed by atoms with Crippen LogP contribution >= 0.6 is 23.5 Å². The molecular formula is C36H46F2N10O13S2. The first-order valence-electron chi connectivity index (χ1n) is 19.1. The van der Waals surface area contributed by atoms with Crippen LogP contribution in [-0.2, 0) is 43.2 Å². The van der Waals surface area contributed by atoms with Gasteiger partial charge in [-0.15, -0.1) is 23.5 Å². The van der Waals surface area contributed by atoms with Crippen molar-refractivity contribution in [3.8, 4) is 0 Å². The number of nitrogens with one attached hydrogen (secondary N) is 4. The first kappa shape index (κ1) is 51.4. The molecule has 1 saturated carbocycles. The van der Waals surface area contributed by atoms with E-state index in [0.29, 0.717) is 6.42 Å². The summed E-state index contributed by atoms with van der Waals surface area (Å²) < 4.78 is 29.2. The van der Waals surface area contributed by atoms with Crippen LogP contribution in [0, 0.1) is 23.9 Å². The summed E-state index contributed by atoms with van der Waals surface area (Å²) in [5.41, 5.74) is 11.0. The summed E-state index contributed by atoms with van der Waals surface area (Å²) in [6, 6.07) is -3.51. The van der Waals surface area contributed by atoms with Crippen LogP contribution in [0.4, 0.5) is 8.78 Å². The number of carbonyl (C=O) groups is 9. The molecule has 12 N–H and O–H groups in total. The maximum atomic E-state index is 14.7. The Balaban J connectivity index is 1.98. The molecule has 0 radical (unpaired) electrons. The van der Waals surface area contributed by atoms with Crippen LogP contribution in [0.1, 0.15) is 67.0 Å². The Bertz CT molecular complexity index is 1870. The molecule has 0 bridgehead atoms. The molecule has 23 nitrogen and oxygen atoms in total. The van der Waals surface area contributed by atoms with Gasteiger partial charge in [0.2, 0.25) is 29.6 Å². The van der Waals surface area contributed by atoms with Gasteiger partial charge in [-0.25, -0.2) is 19.9 Å². The third kappa shape index (κ3) is 17.0. The molecule has 1 aliphatic rings. The Labute approximate surface area is 365 Å². The number of aromatic nitrogens is 4. The number of carboxylic acids is 4. The van der Waals surface area contributed by atoms with E-state index < -0.39 is 138 Å². The lowest BCUT2D eigenvalue weighted by atomic mass is 9.76. The molecule has 2 heterocycles. The van der Waals surface area contributed by atoms with Crippen LogP contribution in [0.2, 0.25) is 0 Å². The highest BCUT2D eigenvalue weighted by Gasteiger charge is 2.44. The minimum absolute atomic E-state index is 0.0124. The fourth-order valence-electron chi connectivity index (χ4n) is 6.18. The van der Waals surface area contributed by atoms with Crippen LogP contribution in [0.25, 0.3) is 0 Å². The van der Waals surface area contributed by atoms with Crippen molar-refractivity contribution < 1.29 is 72.4 Å². The SMILES string of the molecule is N[C@H](CCC(=O)N[C@@H](CSC(c1nccc(F)n1)C1CCCC(C(SC[C@H](NC(=O)CC[C@H](N)C(=O)O)C(=O)NCC(=O)O)c2ccnc(F)n2)C1=O)C(=O)NCC(=O)O)C(=O)O. The number of hydrogen-bond donors (Lipinski definition) is 10. The van der Waals surface area contributed by atoms with E-state index in [-0.39, 0.29) is 48.7 Å². The average molecular weight is 929 g/mol. The largest absolute Gasteiger partial charge is 0.480 e. The van der Waals surface area contributed by atoms with Gasteiger partial charge in [0.1, 0.15) is 48.9 Å². The molecule has 4 unspecified atom stereocenters. The molecule has 4 amide bonds. The van der Waals surface area contributed by atoms with Crippen LogP contribution < -0.4 is 32.7 Å². The van der Waals surface area contributed by atoms with Gasteiger partial charge in [-0.2, -0.15) is 8.78 Å². The molecule has 0 saturated heterocycles. The lowest BCUT2D eigenvalue weighted by molar-refractivity contribution is -0.140. The predicted molar refractivity (Wildman–Crippen MR) is 215 cm³/mol. The van der Waals surface area contributed by atoms with Crippen molar-refractivity contribution in [1.82, 2.24) is 41.2 Å². The van der Waals surface area contributed by atoms with Crippen LogP contribution in [0.3, 0.4) is 0 Å². The van der Waals surface area contributed by atoms with Gasteiger partial charge in [0.05, 0.1) is 16.2 Å². The molecule has 63 heavy (non-hydrogen) atoms. The Morgan fingerprint density at radius 3 is 1.65 bits per heavy atom. The number of carbonyl (C=O) groups excluding carboxylic acids is 5. The van der Waals surface area contributed by atoms with Crippen molar-refractivity contribution in [1.29, 1.82) is 0 Å². The number of halogens is 2. The Hall–Kier alpha value is -5.93. The van der Waals surface area contributed by atoms with E-state index in [2.05, 4.69) is 41.2 Å². The minimum atomic E-state index is -1.49. The van der Waals surface area contributed by atoms with Crippen molar-refractivity contribution in [3.63, 3.8) is 0 Å². The molecule has 1 aliphatic carbocycles. The zero-order valence-corrected chi connectivity index (χ0v) is 34.8. The summed E-state index contributed by atoms with van der Waals surface area (Å²) in [6.45, 7) is -1.68. The molecule has 3 rings (SSSR count). The molecule has 27 heteroatoms. The average Bonchev–Trinajstić information content (AvgIpc) is 3.22. The molecule has 2 aromatic heterocycles. The second-order valence-electron chi connectivity index (χ2n) is 14.0. The smallest absolute Gasteiger partial charge is 0.322 e. The van der Waals surface area contributed by atoms with Gasteiger partial charge >= 0.3 is 30.0 Å². The number of rotatable bonds is 26. The van der Waals surface area contributed by atoms with Crippen molar-refractivity contribution in [2.24, 2.45) is 23.3 Å². The van der Waals surface area contributed by atoms with Crippen molar-refractivity contribution in [2.45, 2.75) is 79.6 Å². The van der Waals surface area contributed by atoms with Gasteiger partial charge in [-0.1, -0.05) is 6.42 Å². The summed E-state index contributed by atoms with van der Waals surface area (Å²) in [6.07, 6.45) is 0.115.